The van der Waals surface area contributed by atoms with Gasteiger partial charge in [-0.1, -0.05) is 96.0 Å². The van der Waals surface area contributed by atoms with Crippen LogP contribution in [0.15, 0.2) is 121 Å². The second-order valence-corrected chi connectivity index (χ2v) is 23.6. The summed E-state index contributed by atoms with van der Waals surface area (Å²) in [5, 5.41) is 17.4. The minimum atomic E-state index is -3.89. The molecule has 5 aliphatic rings. The summed E-state index contributed by atoms with van der Waals surface area (Å²) in [6.45, 7) is 12.7. The van der Waals surface area contributed by atoms with E-state index < -0.39 is 42.7 Å². The van der Waals surface area contributed by atoms with Crippen molar-refractivity contribution in [1.82, 2.24) is 4.72 Å². The highest BCUT2D eigenvalue weighted by molar-refractivity contribution is 9.10. The van der Waals surface area contributed by atoms with Crippen molar-refractivity contribution in [1.29, 1.82) is 0 Å². The zero-order valence-corrected chi connectivity index (χ0v) is 40.1. The van der Waals surface area contributed by atoms with Gasteiger partial charge in [0, 0.05) is 49.3 Å². The fourth-order valence-corrected chi connectivity index (χ4v) is 12.0. The summed E-state index contributed by atoms with van der Waals surface area (Å²) in [7, 11) is -7.66. The number of anilines is 1. The first-order chi connectivity index (χ1) is 28.4. The van der Waals surface area contributed by atoms with Gasteiger partial charge in [-0.05, 0) is 118 Å². The van der Waals surface area contributed by atoms with Gasteiger partial charge in [-0.25, -0.2) is 16.8 Å². The number of sulfonamides is 2. The van der Waals surface area contributed by atoms with Gasteiger partial charge in [0.15, 0.2) is 12.3 Å². The maximum absolute atomic E-state index is 13.2. The molecule has 2 heterocycles. The number of hydrogen-bond acceptors (Lipinski definition) is 7. The van der Waals surface area contributed by atoms with Crippen LogP contribution in [-0.4, -0.2) is 64.5 Å². The fourth-order valence-electron chi connectivity index (χ4n) is 10.3. The molecule has 0 saturated heterocycles. The Kier molecular flexibility index (Phi) is 10.6. The second kappa shape index (κ2) is 14.9. The lowest BCUT2D eigenvalue weighted by Gasteiger charge is -2.57. The molecule has 1 fully saturated rings. The number of nitrogens with zero attached hydrogens (tertiary/aromatic N) is 3. The van der Waals surface area contributed by atoms with Gasteiger partial charge in [-0.3, -0.25) is 9.52 Å². The largest absolute Gasteiger partial charge is 0.857 e. The van der Waals surface area contributed by atoms with Crippen molar-refractivity contribution in [3.63, 3.8) is 0 Å². The number of rotatable bonds is 9. The number of halogens is 2. The quantitative estimate of drug-likeness (QED) is 0.101. The molecular formula is C47H48Br2N4O6S2. The van der Waals surface area contributed by atoms with E-state index in [-0.39, 0.29) is 30.3 Å². The predicted molar refractivity (Wildman–Crippen MR) is 251 cm³/mol. The van der Waals surface area contributed by atoms with Gasteiger partial charge >= 0.3 is 0 Å². The summed E-state index contributed by atoms with van der Waals surface area (Å²) in [5.41, 5.74) is 6.66. The number of benzene rings is 4. The van der Waals surface area contributed by atoms with Crippen molar-refractivity contribution in [2.45, 2.75) is 58.8 Å². The number of fused-ring (bicyclic) bond motifs is 7. The summed E-state index contributed by atoms with van der Waals surface area (Å²) in [4.78, 5) is 15.2. The Bertz CT molecular complexity index is 3030. The van der Waals surface area contributed by atoms with Crippen LogP contribution in [0.3, 0.4) is 0 Å². The normalized spacial score (nSPS) is 22.9. The molecule has 3 aliphatic carbocycles. The average Bonchev–Trinajstić information content (AvgIpc) is 3.48. The van der Waals surface area contributed by atoms with E-state index in [1.807, 2.05) is 45.9 Å². The summed E-state index contributed by atoms with van der Waals surface area (Å²) < 4.78 is 57.8. The molecule has 1 saturated carbocycles. The molecule has 0 spiro atoms. The van der Waals surface area contributed by atoms with E-state index >= 15 is 0 Å². The van der Waals surface area contributed by atoms with Crippen LogP contribution in [0, 0.1) is 17.3 Å². The summed E-state index contributed by atoms with van der Waals surface area (Å²) in [5.74, 6) is -0.791. The summed E-state index contributed by atoms with van der Waals surface area (Å²) >= 11 is 7.20. The first-order valence-corrected chi connectivity index (χ1v) is 25.4. The Morgan fingerprint density at radius 1 is 0.852 bits per heavy atom. The Morgan fingerprint density at radius 3 is 2.08 bits per heavy atom. The molecule has 2 bridgehead atoms. The smallest absolute Gasteiger partial charge is 0.253 e. The highest BCUT2D eigenvalue weighted by Crippen LogP contribution is 2.61. The average molecular weight is 989 g/mol. The molecule has 10 nitrogen and oxygen atoms in total. The minimum absolute atomic E-state index is 0.0575. The molecule has 318 valence electrons. The van der Waals surface area contributed by atoms with Crippen LogP contribution in [0.4, 0.5) is 11.4 Å². The molecule has 2 unspecified atom stereocenters. The van der Waals surface area contributed by atoms with E-state index in [1.54, 1.807) is 0 Å². The van der Waals surface area contributed by atoms with Gasteiger partial charge in [0.25, 0.3) is 5.91 Å². The standard InChI is InChI=1S/C47H48Br2N4O6S2/c1-45(2)35-24-36(45)30(12-20-40-47(5,6)44-34-16-14-32(49)23-28(34)10-18-38(44)53(40)26-42(55)51-61(8,58)59)21-29(35)11-19-39-46(3,4)43-33-15-13-31(48)22-27(33)9-17-37(43)52(39)25-41(54)50-60(7,56)57/h9-23,35-36H,24-26H2,1-8H3,(H-,50,51,54,55). The van der Waals surface area contributed by atoms with Crippen LogP contribution in [0.2, 0.25) is 0 Å². The zero-order valence-electron chi connectivity index (χ0n) is 35.3. The molecule has 9 rings (SSSR count). The highest BCUT2D eigenvalue weighted by Gasteiger charge is 2.53. The van der Waals surface area contributed by atoms with Crippen LogP contribution >= 0.6 is 31.9 Å². The number of carbonyl (C=O) groups excluding carboxylic acids is 1. The molecule has 14 heteroatoms. The van der Waals surface area contributed by atoms with Gasteiger partial charge in [-0.15, -0.1) is 0 Å². The minimum Gasteiger partial charge on any atom is -0.857 e. The number of amides is 1. The van der Waals surface area contributed by atoms with Crippen molar-refractivity contribution in [3.8, 4) is 0 Å². The van der Waals surface area contributed by atoms with E-state index in [0.29, 0.717) is 0 Å². The lowest BCUT2D eigenvalue weighted by Crippen LogP contribution is -2.48. The number of hydrogen-bond donors (Lipinski definition) is 1. The monoisotopic (exact) mass is 986 g/mol. The van der Waals surface area contributed by atoms with Crippen LogP contribution in [0.25, 0.3) is 21.5 Å². The molecule has 1 N–H and O–H groups in total. The number of carbonyl (C=O) groups is 1. The summed E-state index contributed by atoms with van der Waals surface area (Å²) in [6, 6.07) is 20.3. The maximum atomic E-state index is 13.2. The molecule has 1 amide bonds. The van der Waals surface area contributed by atoms with E-state index in [2.05, 4.69) is 137 Å². The van der Waals surface area contributed by atoms with Crippen molar-refractivity contribution >= 4 is 102 Å². The van der Waals surface area contributed by atoms with Crippen molar-refractivity contribution in [3.05, 3.63) is 128 Å². The van der Waals surface area contributed by atoms with Crippen molar-refractivity contribution in [2.75, 3.05) is 30.5 Å². The lowest BCUT2D eigenvalue weighted by atomic mass is 9.47. The van der Waals surface area contributed by atoms with Gasteiger partial charge in [0.05, 0.1) is 17.9 Å². The molecule has 2 aliphatic heterocycles. The van der Waals surface area contributed by atoms with E-state index in [4.69, 9.17) is 0 Å². The Hall–Kier alpha value is -4.37. The van der Waals surface area contributed by atoms with Gasteiger partial charge < -0.3 is 10.0 Å². The van der Waals surface area contributed by atoms with Crippen LogP contribution in [0.1, 0.15) is 59.1 Å². The van der Waals surface area contributed by atoms with E-state index in [1.165, 1.54) is 0 Å². The Balaban J connectivity index is 1.23. The van der Waals surface area contributed by atoms with Crippen LogP contribution < -0.4 is 14.7 Å². The third-order valence-corrected chi connectivity index (χ3v) is 15.2. The maximum Gasteiger partial charge on any atom is 0.253 e. The molecule has 4 aromatic rings. The molecule has 4 aromatic carbocycles. The SMILES string of the molecule is CC1(C)C(/C=C/C2=CC(=C/C=C3/N(CC(=O)NS(C)(=O)=O)c4ccc5cc(Br)ccc5c4C3(C)C)/C3CC2C3(C)C)=[N+](C/C([O-])=N/S(C)(=O)=O)c2ccc3cc(Br)ccc3c21. The Morgan fingerprint density at radius 2 is 1.48 bits per heavy atom. The van der Waals surface area contributed by atoms with E-state index in [9.17, 15) is 26.7 Å². The molecule has 0 aromatic heterocycles. The van der Waals surface area contributed by atoms with Crippen molar-refractivity contribution in [2.24, 2.45) is 21.6 Å². The fraction of sp³-hybridized carbons (Fsp3) is 0.340. The third kappa shape index (κ3) is 7.76. The van der Waals surface area contributed by atoms with Crippen LogP contribution in [-0.2, 0) is 35.7 Å². The molecule has 2 atom stereocenters. The third-order valence-electron chi connectivity index (χ3n) is 13.0. The predicted octanol–water partition coefficient (Wildman–Crippen LogP) is 8.46. The molecular weight excluding hydrogens is 940 g/mol. The van der Waals surface area contributed by atoms with Gasteiger partial charge in [0.1, 0.15) is 6.54 Å². The molecule has 61 heavy (non-hydrogen) atoms. The number of allylic oxidation sites excluding steroid dienone is 8. The first-order valence-electron chi connectivity index (χ1n) is 20.0. The van der Waals surface area contributed by atoms with Gasteiger partial charge in [-0.2, -0.15) is 8.97 Å². The first kappa shape index (κ1) is 43.3. The van der Waals surface area contributed by atoms with Crippen molar-refractivity contribution < 1.29 is 31.3 Å². The highest BCUT2D eigenvalue weighted by atomic mass is 79.9. The van der Waals surface area contributed by atoms with Crippen LogP contribution in [0.5, 0.6) is 0 Å². The summed E-state index contributed by atoms with van der Waals surface area (Å²) in [6.07, 6.45) is 13.6. The Labute approximate surface area is 374 Å². The van der Waals surface area contributed by atoms with E-state index in [0.717, 1.165) is 94.5 Å². The lowest BCUT2D eigenvalue weighted by molar-refractivity contribution is -0.433. The molecule has 0 radical (unpaired) electrons. The zero-order chi connectivity index (χ0) is 44.2. The van der Waals surface area contributed by atoms with Gasteiger partial charge in [0.2, 0.25) is 25.7 Å². The number of nitrogens with one attached hydrogen (secondary N) is 1. The second-order valence-electron chi connectivity index (χ2n) is 18.3. The topological polar surface area (TPSA) is 139 Å².